The van der Waals surface area contributed by atoms with Crippen molar-refractivity contribution in [3.63, 3.8) is 0 Å². The van der Waals surface area contributed by atoms with E-state index in [1.165, 1.54) is 0 Å². The molecule has 19 heavy (non-hydrogen) atoms. The van der Waals surface area contributed by atoms with Gasteiger partial charge in [-0.15, -0.1) is 10.2 Å². The molecule has 0 aliphatic carbocycles. The number of ketones is 3. The Bertz CT molecular complexity index is 634. The molecule has 0 atom stereocenters. The molecule has 0 aliphatic heterocycles. The maximum Gasteiger partial charge on any atom is 0.205 e. The summed E-state index contributed by atoms with van der Waals surface area (Å²) in [6.07, 6.45) is -0.446. The molecule has 0 bridgehead atoms. The van der Waals surface area contributed by atoms with E-state index in [9.17, 15) is 14.4 Å². The topological polar surface area (TPSA) is 77.0 Å². The number of hydrogen-bond donors (Lipinski definition) is 0. The lowest BCUT2D eigenvalue weighted by molar-refractivity contribution is -0.134. The third kappa shape index (κ3) is 3.17. The Morgan fingerprint density at radius 3 is 2.42 bits per heavy atom. The van der Waals surface area contributed by atoms with Crippen molar-refractivity contribution in [1.29, 1.82) is 0 Å². The summed E-state index contributed by atoms with van der Waals surface area (Å²) < 4.78 is 0. The Balaban J connectivity index is 2.16. The maximum atomic E-state index is 11.7. The molecular formula is C13H10N2O3S. The van der Waals surface area contributed by atoms with Gasteiger partial charge in [0.1, 0.15) is 5.01 Å². The van der Waals surface area contributed by atoms with Crippen molar-refractivity contribution >= 4 is 28.7 Å². The summed E-state index contributed by atoms with van der Waals surface area (Å²) in [5.74, 6) is -1.80. The van der Waals surface area contributed by atoms with Crippen LogP contribution in [0.4, 0.5) is 0 Å². The molecular weight excluding hydrogens is 264 g/mol. The number of Topliss-reactive ketones (excluding diaryl/α,β-unsaturated/α-hetero) is 3. The molecule has 2 aromatic rings. The first-order valence-electron chi connectivity index (χ1n) is 5.54. The smallest absolute Gasteiger partial charge is 0.205 e. The van der Waals surface area contributed by atoms with Crippen LogP contribution in [0.2, 0.25) is 0 Å². The van der Waals surface area contributed by atoms with Crippen LogP contribution in [0.3, 0.4) is 0 Å². The van der Waals surface area contributed by atoms with Crippen LogP contribution < -0.4 is 0 Å². The summed E-state index contributed by atoms with van der Waals surface area (Å²) >= 11 is 1.11. The predicted octanol–water partition coefficient (Wildman–Crippen LogP) is 1.94. The first-order valence-corrected chi connectivity index (χ1v) is 6.35. The van der Waals surface area contributed by atoms with E-state index in [0.717, 1.165) is 23.8 Å². The van der Waals surface area contributed by atoms with Crippen molar-refractivity contribution in [3.8, 4) is 10.6 Å². The van der Waals surface area contributed by atoms with Crippen molar-refractivity contribution in [2.75, 3.05) is 0 Å². The number of nitrogens with zero attached hydrogens (tertiary/aromatic N) is 2. The lowest BCUT2D eigenvalue weighted by atomic mass is 10.1. The van der Waals surface area contributed by atoms with Crippen LogP contribution in [-0.2, 0) is 9.59 Å². The van der Waals surface area contributed by atoms with E-state index in [1.807, 2.05) is 30.3 Å². The molecule has 0 aliphatic rings. The zero-order valence-corrected chi connectivity index (χ0v) is 10.9. The zero-order valence-electron chi connectivity index (χ0n) is 10.1. The molecule has 0 N–H and O–H groups in total. The molecule has 1 aromatic heterocycles. The standard InChI is InChI=1S/C13H10N2O3S/c1-8(16)10(17)7-11(18)13-15-14-12(19-13)9-5-3-2-4-6-9/h2-6H,7H2,1H3. The van der Waals surface area contributed by atoms with Crippen LogP contribution in [-0.4, -0.2) is 27.5 Å². The number of rotatable bonds is 5. The fraction of sp³-hybridized carbons (Fsp3) is 0.154. The van der Waals surface area contributed by atoms with Crippen molar-refractivity contribution in [2.45, 2.75) is 13.3 Å². The second-order valence-electron chi connectivity index (χ2n) is 3.86. The molecule has 1 aromatic carbocycles. The lowest BCUT2D eigenvalue weighted by Gasteiger charge is -1.93. The van der Waals surface area contributed by atoms with Crippen molar-refractivity contribution in [3.05, 3.63) is 35.3 Å². The summed E-state index contributed by atoms with van der Waals surface area (Å²) in [7, 11) is 0. The van der Waals surface area contributed by atoms with E-state index in [1.54, 1.807) is 0 Å². The Morgan fingerprint density at radius 2 is 1.79 bits per heavy atom. The summed E-state index contributed by atoms with van der Waals surface area (Å²) in [5.41, 5.74) is 0.858. The van der Waals surface area contributed by atoms with Crippen LogP contribution in [0, 0.1) is 0 Å². The second-order valence-corrected chi connectivity index (χ2v) is 4.84. The highest BCUT2D eigenvalue weighted by atomic mass is 32.1. The highest BCUT2D eigenvalue weighted by molar-refractivity contribution is 7.16. The fourth-order valence-corrected chi connectivity index (χ4v) is 2.17. The van der Waals surface area contributed by atoms with Crippen LogP contribution in [0.5, 0.6) is 0 Å². The zero-order chi connectivity index (χ0) is 13.8. The maximum absolute atomic E-state index is 11.7. The lowest BCUT2D eigenvalue weighted by Crippen LogP contribution is -2.14. The summed E-state index contributed by atoms with van der Waals surface area (Å²) in [4.78, 5) is 33.7. The Morgan fingerprint density at radius 1 is 1.11 bits per heavy atom. The predicted molar refractivity (Wildman–Crippen MR) is 70.0 cm³/mol. The molecule has 0 unspecified atom stereocenters. The minimum Gasteiger partial charge on any atom is -0.291 e. The van der Waals surface area contributed by atoms with Crippen LogP contribution in [0.1, 0.15) is 23.1 Å². The van der Waals surface area contributed by atoms with Gasteiger partial charge >= 0.3 is 0 Å². The first kappa shape index (κ1) is 13.2. The first-order chi connectivity index (χ1) is 9.08. The molecule has 1 heterocycles. The van der Waals surface area contributed by atoms with Crippen LogP contribution in [0.25, 0.3) is 10.6 Å². The highest BCUT2D eigenvalue weighted by Crippen LogP contribution is 2.23. The SMILES string of the molecule is CC(=O)C(=O)CC(=O)c1nnc(-c2ccccc2)s1. The quantitative estimate of drug-likeness (QED) is 0.473. The van der Waals surface area contributed by atoms with Gasteiger partial charge in [-0.05, 0) is 0 Å². The second kappa shape index (κ2) is 5.62. The average molecular weight is 274 g/mol. The van der Waals surface area contributed by atoms with Gasteiger partial charge in [0, 0.05) is 12.5 Å². The van der Waals surface area contributed by atoms with E-state index >= 15 is 0 Å². The van der Waals surface area contributed by atoms with Crippen molar-refractivity contribution in [1.82, 2.24) is 10.2 Å². The summed E-state index contributed by atoms with van der Waals surface area (Å²) in [6, 6.07) is 9.31. The molecule has 96 valence electrons. The Kier molecular flexibility index (Phi) is 3.91. The third-order valence-corrected chi connectivity index (χ3v) is 3.41. The number of carbonyl (C=O) groups excluding carboxylic acids is 3. The van der Waals surface area contributed by atoms with E-state index in [4.69, 9.17) is 0 Å². The molecule has 6 heteroatoms. The molecule has 0 saturated heterocycles. The minimum atomic E-state index is -0.707. The molecule has 0 saturated carbocycles. The monoisotopic (exact) mass is 274 g/mol. The van der Waals surface area contributed by atoms with Gasteiger partial charge in [-0.2, -0.15) is 0 Å². The van der Waals surface area contributed by atoms with Gasteiger partial charge in [0.05, 0.1) is 6.42 Å². The van der Waals surface area contributed by atoms with Gasteiger partial charge in [-0.1, -0.05) is 41.7 Å². The number of aromatic nitrogens is 2. The Labute approximate surface area is 113 Å². The summed E-state index contributed by atoms with van der Waals surface area (Å²) in [6.45, 7) is 1.14. The van der Waals surface area contributed by atoms with Crippen molar-refractivity contribution in [2.24, 2.45) is 0 Å². The summed E-state index contributed by atoms with van der Waals surface area (Å²) in [5, 5.41) is 8.43. The minimum absolute atomic E-state index is 0.147. The highest BCUT2D eigenvalue weighted by Gasteiger charge is 2.19. The molecule has 0 amide bonds. The molecule has 0 radical (unpaired) electrons. The largest absolute Gasteiger partial charge is 0.291 e. The molecule has 5 nitrogen and oxygen atoms in total. The van der Waals surface area contributed by atoms with Gasteiger partial charge in [0.25, 0.3) is 0 Å². The number of hydrogen-bond acceptors (Lipinski definition) is 6. The van der Waals surface area contributed by atoms with Gasteiger partial charge in [0.15, 0.2) is 10.8 Å². The van der Waals surface area contributed by atoms with E-state index in [2.05, 4.69) is 10.2 Å². The van der Waals surface area contributed by atoms with Gasteiger partial charge < -0.3 is 0 Å². The molecule has 0 fully saturated rings. The van der Waals surface area contributed by atoms with E-state index in [0.29, 0.717) is 5.01 Å². The fourth-order valence-electron chi connectivity index (χ4n) is 1.38. The normalized spacial score (nSPS) is 10.2. The molecule has 0 spiro atoms. The number of carbonyl (C=O) groups is 3. The average Bonchev–Trinajstić information content (AvgIpc) is 2.89. The van der Waals surface area contributed by atoms with Crippen molar-refractivity contribution < 1.29 is 14.4 Å². The number of benzene rings is 1. The van der Waals surface area contributed by atoms with Gasteiger partial charge in [0.2, 0.25) is 11.6 Å². The van der Waals surface area contributed by atoms with E-state index < -0.39 is 23.8 Å². The third-order valence-electron chi connectivity index (χ3n) is 2.40. The Hall–Kier alpha value is -2.21. The molecule has 2 rings (SSSR count). The van der Waals surface area contributed by atoms with Crippen LogP contribution in [0.15, 0.2) is 30.3 Å². The van der Waals surface area contributed by atoms with Gasteiger partial charge in [-0.3, -0.25) is 14.4 Å². The van der Waals surface area contributed by atoms with Gasteiger partial charge in [-0.25, -0.2) is 0 Å². The van der Waals surface area contributed by atoms with E-state index in [-0.39, 0.29) is 5.01 Å². The van der Waals surface area contributed by atoms with Crippen LogP contribution >= 0.6 is 11.3 Å².